The lowest BCUT2D eigenvalue weighted by Gasteiger charge is -2.35. The molecule has 1 aromatic carbocycles. The lowest BCUT2D eigenvalue weighted by molar-refractivity contribution is -0.142. The summed E-state index contributed by atoms with van der Waals surface area (Å²) in [6.07, 6.45) is 2.94. The van der Waals surface area contributed by atoms with Crippen molar-refractivity contribution in [2.24, 2.45) is 11.8 Å². The summed E-state index contributed by atoms with van der Waals surface area (Å²) >= 11 is 3.50. The Balaban J connectivity index is 1.96. The maximum atomic E-state index is 12.9. The normalized spacial score (nSPS) is 17.1. The van der Waals surface area contributed by atoms with Crippen LogP contribution in [0.5, 0.6) is 5.75 Å². The van der Waals surface area contributed by atoms with E-state index in [1.54, 1.807) is 0 Å². The Morgan fingerprint density at radius 3 is 2.58 bits per heavy atom. The zero-order chi connectivity index (χ0) is 17.5. The summed E-state index contributed by atoms with van der Waals surface area (Å²) in [6.45, 7) is 6.82. The van der Waals surface area contributed by atoms with E-state index in [4.69, 9.17) is 4.74 Å². The monoisotopic (exact) mass is 396 g/mol. The highest BCUT2D eigenvalue weighted by Crippen LogP contribution is 2.28. The highest BCUT2D eigenvalue weighted by molar-refractivity contribution is 9.10. The van der Waals surface area contributed by atoms with Crippen LogP contribution in [0.15, 0.2) is 28.7 Å². The number of nitrogens with zero attached hydrogens (tertiary/aromatic N) is 1. The number of piperidine rings is 1. The van der Waals surface area contributed by atoms with Gasteiger partial charge in [-0.05, 0) is 72.8 Å². The van der Waals surface area contributed by atoms with E-state index in [0.717, 1.165) is 48.6 Å². The first-order chi connectivity index (χ1) is 11.5. The second kappa shape index (κ2) is 9.42. The molecule has 0 radical (unpaired) electrons. The zero-order valence-electron chi connectivity index (χ0n) is 14.9. The van der Waals surface area contributed by atoms with Gasteiger partial charge in [0, 0.05) is 13.1 Å². The molecule has 24 heavy (non-hydrogen) atoms. The first-order valence-corrected chi connectivity index (χ1v) is 9.66. The van der Waals surface area contributed by atoms with Gasteiger partial charge in [0.05, 0.1) is 4.47 Å². The summed E-state index contributed by atoms with van der Waals surface area (Å²) < 4.78 is 6.95. The molecule has 0 aliphatic carbocycles. The number of halogens is 1. The molecular weight excluding hydrogens is 368 g/mol. The number of ether oxygens (including phenoxy) is 1. The highest BCUT2D eigenvalue weighted by atomic mass is 79.9. The Bertz CT molecular complexity index is 528. The van der Waals surface area contributed by atoms with Crippen LogP contribution in [0, 0.1) is 11.8 Å². The Morgan fingerprint density at radius 2 is 2.00 bits per heavy atom. The molecule has 2 rings (SSSR count). The second-order valence-electron chi connectivity index (χ2n) is 6.87. The van der Waals surface area contributed by atoms with E-state index in [1.165, 1.54) is 6.42 Å². The van der Waals surface area contributed by atoms with E-state index in [1.807, 2.05) is 50.1 Å². The van der Waals surface area contributed by atoms with Gasteiger partial charge in [-0.3, -0.25) is 4.79 Å². The lowest BCUT2D eigenvalue weighted by atomic mass is 9.93. The molecule has 0 aromatic heterocycles. The molecule has 1 heterocycles. The third kappa shape index (κ3) is 5.21. The number of nitrogens with one attached hydrogen (secondary N) is 1. The number of para-hydroxylation sites is 1. The van der Waals surface area contributed by atoms with Crippen LogP contribution in [0.25, 0.3) is 0 Å². The van der Waals surface area contributed by atoms with Crippen molar-refractivity contribution < 1.29 is 9.53 Å². The van der Waals surface area contributed by atoms with E-state index in [0.29, 0.717) is 0 Å². The van der Waals surface area contributed by atoms with Crippen molar-refractivity contribution in [3.63, 3.8) is 0 Å². The number of carbonyl (C=O) groups excluding carboxylic acids is 1. The Kier molecular flexibility index (Phi) is 7.56. The average Bonchev–Trinajstić information content (AvgIpc) is 2.59. The molecule has 1 aliphatic rings. The van der Waals surface area contributed by atoms with Crippen molar-refractivity contribution in [2.75, 3.05) is 26.7 Å². The van der Waals surface area contributed by atoms with Crippen LogP contribution in [-0.4, -0.2) is 43.6 Å². The minimum atomic E-state index is -0.433. The molecule has 0 bridgehead atoms. The Labute approximate surface area is 154 Å². The summed E-state index contributed by atoms with van der Waals surface area (Å²) in [5.74, 6) is 1.70. The van der Waals surface area contributed by atoms with E-state index in [9.17, 15) is 4.79 Å². The average molecular weight is 397 g/mol. The highest BCUT2D eigenvalue weighted by Gasteiger charge is 2.31. The molecule has 1 unspecified atom stereocenters. The standard InChI is InChI=1S/C19H29BrN2O2/c1-14(2)18(24-17-7-5-4-6-16(17)20)19(23)22-12-9-15(10-13-22)8-11-21-3/h4-7,14-15,18,21H,8-13H2,1-3H3. The molecule has 1 N–H and O–H groups in total. The molecule has 1 amide bonds. The quantitative estimate of drug-likeness (QED) is 0.763. The van der Waals surface area contributed by atoms with Gasteiger partial charge in [-0.2, -0.15) is 0 Å². The van der Waals surface area contributed by atoms with Gasteiger partial charge in [0.15, 0.2) is 6.10 Å². The molecule has 0 spiro atoms. The second-order valence-corrected chi connectivity index (χ2v) is 7.73. The molecule has 4 nitrogen and oxygen atoms in total. The van der Waals surface area contributed by atoms with Crippen LogP contribution in [0.4, 0.5) is 0 Å². The van der Waals surface area contributed by atoms with Crippen molar-refractivity contribution in [1.29, 1.82) is 0 Å². The van der Waals surface area contributed by atoms with Crippen molar-refractivity contribution in [3.05, 3.63) is 28.7 Å². The van der Waals surface area contributed by atoms with E-state index >= 15 is 0 Å². The number of amides is 1. The first kappa shape index (κ1) is 19.3. The SMILES string of the molecule is CNCCC1CCN(C(=O)C(Oc2ccccc2Br)C(C)C)CC1. The molecular formula is C19H29BrN2O2. The molecule has 1 saturated heterocycles. The smallest absolute Gasteiger partial charge is 0.263 e. The van der Waals surface area contributed by atoms with E-state index < -0.39 is 6.10 Å². The van der Waals surface area contributed by atoms with Crippen molar-refractivity contribution in [2.45, 2.75) is 39.2 Å². The minimum Gasteiger partial charge on any atom is -0.479 e. The Hall–Kier alpha value is -1.07. The van der Waals surface area contributed by atoms with Gasteiger partial charge in [0.2, 0.25) is 0 Å². The van der Waals surface area contributed by atoms with Crippen LogP contribution < -0.4 is 10.1 Å². The van der Waals surface area contributed by atoms with Gasteiger partial charge in [-0.15, -0.1) is 0 Å². The first-order valence-electron chi connectivity index (χ1n) is 8.87. The van der Waals surface area contributed by atoms with Gasteiger partial charge in [0.1, 0.15) is 5.75 Å². The van der Waals surface area contributed by atoms with Gasteiger partial charge in [0.25, 0.3) is 5.91 Å². The largest absolute Gasteiger partial charge is 0.479 e. The fraction of sp³-hybridized carbons (Fsp3) is 0.632. The molecule has 5 heteroatoms. The van der Waals surface area contributed by atoms with Gasteiger partial charge < -0.3 is 15.0 Å². The van der Waals surface area contributed by atoms with Gasteiger partial charge in [-0.1, -0.05) is 26.0 Å². The Morgan fingerprint density at radius 1 is 1.33 bits per heavy atom. The molecule has 134 valence electrons. The zero-order valence-corrected chi connectivity index (χ0v) is 16.5. The molecule has 1 aromatic rings. The number of hydrogen-bond acceptors (Lipinski definition) is 3. The summed E-state index contributed by atoms with van der Waals surface area (Å²) in [6, 6.07) is 7.70. The van der Waals surface area contributed by atoms with E-state index in [2.05, 4.69) is 21.2 Å². The summed E-state index contributed by atoms with van der Waals surface area (Å²) in [5, 5.41) is 3.21. The fourth-order valence-corrected chi connectivity index (χ4v) is 3.50. The van der Waals surface area contributed by atoms with Crippen molar-refractivity contribution in [1.82, 2.24) is 10.2 Å². The maximum absolute atomic E-state index is 12.9. The number of hydrogen-bond donors (Lipinski definition) is 1. The van der Waals surface area contributed by atoms with Gasteiger partial charge >= 0.3 is 0 Å². The van der Waals surface area contributed by atoms with Crippen LogP contribution in [0.3, 0.4) is 0 Å². The lowest BCUT2D eigenvalue weighted by Crippen LogP contribution is -2.48. The minimum absolute atomic E-state index is 0.118. The fourth-order valence-electron chi connectivity index (χ4n) is 3.12. The number of carbonyl (C=O) groups is 1. The molecule has 0 saturated carbocycles. The van der Waals surface area contributed by atoms with Crippen LogP contribution in [0.2, 0.25) is 0 Å². The van der Waals surface area contributed by atoms with Crippen molar-refractivity contribution >= 4 is 21.8 Å². The third-order valence-corrected chi connectivity index (χ3v) is 5.32. The number of benzene rings is 1. The predicted octanol–water partition coefficient (Wildman–Crippen LogP) is 3.70. The van der Waals surface area contributed by atoms with Gasteiger partial charge in [-0.25, -0.2) is 0 Å². The van der Waals surface area contributed by atoms with E-state index in [-0.39, 0.29) is 11.8 Å². The maximum Gasteiger partial charge on any atom is 0.263 e. The summed E-state index contributed by atoms with van der Waals surface area (Å²) in [7, 11) is 1.99. The third-order valence-electron chi connectivity index (χ3n) is 4.67. The summed E-state index contributed by atoms with van der Waals surface area (Å²) in [5.41, 5.74) is 0. The summed E-state index contributed by atoms with van der Waals surface area (Å²) in [4.78, 5) is 14.9. The van der Waals surface area contributed by atoms with Crippen LogP contribution in [0.1, 0.15) is 33.1 Å². The number of rotatable bonds is 7. The molecule has 1 aliphatic heterocycles. The predicted molar refractivity (Wildman–Crippen MR) is 101 cm³/mol. The number of likely N-dealkylation sites (tertiary alicyclic amines) is 1. The molecule has 1 atom stereocenters. The van der Waals surface area contributed by atoms with Crippen LogP contribution in [-0.2, 0) is 4.79 Å². The van der Waals surface area contributed by atoms with Crippen molar-refractivity contribution in [3.8, 4) is 5.75 Å². The van der Waals surface area contributed by atoms with Crippen LogP contribution >= 0.6 is 15.9 Å². The topological polar surface area (TPSA) is 41.6 Å². The molecule has 1 fully saturated rings.